The molecule has 0 spiro atoms. The van der Waals surface area contributed by atoms with Crippen molar-refractivity contribution < 1.29 is 13.2 Å². The Labute approximate surface area is 131 Å². The highest BCUT2D eigenvalue weighted by Gasteiger charge is 2.37. The van der Waals surface area contributed by atoms with Gasteiger partial charge >= 0.3 is 0 Å². The number of rotatable bonds is 3. The summed E-state index contributed by atoms with van der Waals surface area (Å²) in [7, 11) is -1.98. The Balaban J connectivity index is 2.38. The molecule has 21 heavy (non-hydrogen) atoms. The minimum atomic E-state index is -3.59. The summed E-state index contributed by atoms with van der Waals surface area (Å²) >= 11 is 6.00. The maximum absolute atomic E-state index is 12.8. The SMILES string of the molecule is COC1(C)CCCN(S(=O)(=O)c2cc(C)c(Cl)c(N)c2)C1. The number of piperidine rings is 1. The lowest BCUT2D eigenvalue weighted by molar-refractivity contribution is -0.0319. The van der Waals surface area contributed by atoms with Gasteiger partial charge < -0.3 is 10.5 Å². The van der Waals surface area contributed by atoms with Gasteiger partial charge in [-0.3, -0.25) is 0 Å². The van der Waals surface area contributed by atoms with Crippen molar-refractivity contribution in [1.82, 2.24) is 4.31 Å². The van der Waals surface area contributed by atoms with Gasteiger partial charge in [0.2, 0.25) is 10.0 Å². The molecule has 0 bridgehead atoms. The largest absolute Gasteiger partial charge is 0.397 e. The smallest absolute Gasteiger partial charge is 0.243 e. The monoisotopic (exact) mass is 332 g/mol. The molecule has 0 amide bonds. The summed E-state index contributed by atoms with van der Waals surface area (Å²) in [6.45, 7) is 4.50. The van der Waals surface area contributed by atoms with Gasteiger partial charge in [0.1, 0.15) is 0 Å². The number of hydrogen-bond acceptors (Lipinski definition) is 4. The van der Waals surface area contributed by atoms with Gasteiger partial charge in [-0.25, -0.2) is 8.42 Å². The maximum Gasteiger partial charge on any atom is 0.243 e. The minimum Gasteiger partial charge on any atom is -0.397 e. The van der Waals surface area contributed by atoms with E-state index in [1.807, 2.05) is 6.92 Å². The molecule has 1 aliphatic rings. The zero-order valence-corrected chi connectivity index (χ0v) is 14.1. The summed E-state index contributed by atoms with van der Waals surface area (Å²) < 4.78 is 32.5. The van der Waals surface area contributed by atoms with Crippen molar-refractivity contribution in [1.29, 1.82) is 0 Å². The molecule has 1 unspecified atom stereocenters. The molecule has 2 N–H and O–H groups in total. The first kappa shape index (κ1) is 16.5. The number of nitrogens with zero attached hydrogens (tertiary/aromatic N) is 1. The van der Waals surface area contributed by atoms with Crippen LogP contribution in [0.2, 0.25) is 5.02 Å². The highest BCUT2D eigenvalue weighted by molar-refractivity contribution is 7.89. The van der Waals surface area contributed by atoms with Crippen LogP contribution in [0.25, 0.3) is 0 Å². The van der Waals surface area contributed by atoms with Gasteiger partial charge in [0.25, 0.3) is 0 Å². The van der Waals surface area contributed by atoms with Gasteiger partial charge in [0, 0.05) is 20.2 Å². The third-order valence-corrected chi connectivity index (χ3v) is 6.35. The van der Waals surface area contributed by atoms with Crippen LogP contribution in [0, 0.1) is 6.92 Å². The van der Waals surface area contributed by atoms with Gasteiger partial charge in [0.15, 0.2) is 0 Å². The van der Waals surface area contributed by atoms with E-state index in [0.29, 0.717) is 23.7 Å². The maximum atomic E-state index is 12.8. The fraction of sp³-hybridized carbons (Fsp3) is 0.571. The summed E-state index contributed by atoms with van der Waals surface area (Å²) in [6.07, 6.45) is 1.61. The van der Waals surface area contributed by atoms with E-state index in [4.69, 9.17) is 22.1 Å². The molecule has 118 valence electrons. The molecule has 1 heterocycles. The predicted octanol–water partition coefficient (Wildman–Crippen LogP) is 2.42. The number of nitrogens with two attached hydrogens (primary N) is 1. The van der Waals surface area contributed by atoms with Gasteiger partial charge in [0.05, 0.1) is 21.2 Å². The number of nitrogen functional groups attached to an aromatic ring is 1. The van der Waals surface area contributed by atoms with Crippen LogP contribution in [0.3, 0.4) is 0 Å². The third kappa shape index (κ3) is 3.18. The molecule has 0 radical (unpaired) electrons. The quantitative estimate of drug-likeness (QED) is 0.863. The molecule has 7 heteroatoms. The second kappa shape index (κ2) is 5.76. The van der Waals surface area contributed by atoms with Gasteiger partial charge in [-0.05, 0) is 44.4 Å². The van der Waals surface area contributed by atoms with E-state index in [0.717, 1.165) is 12.8 Å². The second-order valence-electron chi connectivity index (χ2n) is 5.74. The van der Waals surface area contributed by atoms with Crippen LogP contribution in [-0.4, -0.2) is 38.5 Å². The van der Waals surface area contributed by atoms with Crippen LogP contribution in [0.4, 0.5) is 5.69 Å². The third-order valence-electron chi connectivity index (χ3n) is 4.01. The lowest BCUT2D eigenvalue weighted by Crippen LogP contribution is -2.49. The Bertz CT molecular complexity index is 625. The van der Waals surface area contributed by atoms with E-state index in [2.05, 4.69) is 0 Å². The number of anilines is 1. The van der Waals surface area contributed by atoms with Crippen LogP contribution in [-0.2, 0) is 14.8 Å². The van der Waals surface area contributed by atoms with Crippen LogP contribution >= 0.6 is 11.6 Å². The molecule has 1 aromatic carbocycles. The van der Waals surface area contributed by atoms with E-state index in [9.17, 15) is 8.42 Å². The first-order valence-corrected chi connectivity index (χ1v) is 8.62. The highest BCUT2D eigenvalue weighted by atomic mass is 35.5. The molecule has 2 rings (SSSR count). The molecular weight excluding hydrogens is 312 g/mol. The number of sulfonamides is 1. The van der Waals surface area contributed by atoms with Crippen molar-refractivity contribution in [2.45, 2.75) is 37.2 Å². The molecule has 0 saturated carbocycles. The summed E-state index contributed by atoms with van der Waals surface area (Å²) in [6, 6.07) is 2.98. The summed E-state index contributed by atoms with van der Waals surface area (Å²) in [5, 5.41) is 0.398. The number of hydrogen-bond donors (Lipinski definition) is 1. The van der Waals surface area contributed by atoms with E-state index in [1.54, 1.807) is 20.1 Å². The number of aryl methyl sites for hydroxylation is 1. The molecule has 1 aliphatic heterocycles. The molecule has 1 saturated heterocycles. The average molecular weight is 333 g/mol. The predicted molar refractivity (Wildman–Crippen MR) is 84.0 cm³/mol. The van der Waals surface area contributed by atoms with Crippen molar-refractivity contribution in [3.8, 4) is 0 Å². The molecular formula is C14H21ClN2O3S. The Morgan fingerprint density at radius 1 is 1.43 bits per heavy atom. The normalized spacial score (nSPS) is 24.2. The summed E-state index contributed by atoms with van der Waals surface area (Å²) in [5.74, 6) is 0. The first-order valence-electron chi connectivity index (χ1n) is 6.80. The Kier molecular flexibility index (Phi) is 4.54. The van der Waals surface area contributed by atoms with Gasteiger partial charge in [-0.2, -0.15) is 4.31 Å². The summed E-state index contributed by atoms with van der Waals surface area (Å²) in [5.41, 5.74) is 6.28. The topological polar surface area (TPSA) is 72.6 Å². The lowest BCUT2D eigenvalue weighted by atomic mass is 9.96. The van der Waals surface area contributed by atoms with Crippen molar-refractivity contribution in [2.75, 3.05) is 25.9 Å². The minimum absolute atomic E-state index is 0.183. The standard InChI is InChI=1S/C14H21ClN2O3S/c1-10-7-11(8-12(16)13(10)15)21(18,19)17-6-4-5-14(2,9-17)20-3/h7-8H,4-6,9,16H2,1-3H3. The number of halogens is 1. The van der Waals surface area contributed by atoms with E-state index in [1.165, 1.54) is 10.4 Å². The van der Waals surface area contributed by atoms with Crippen LogP contribution in [0.15, 0.2) is 17.0 Å². The first-order chi connectivity index (χ1) is 9.69. The molecule has 1 fully saturated rings. The fourth-order valence-electron chi connectivity index (χ4n) is 2.59. The zero-order valence-electron chi connectivity index (χ0n) is 12.5. The van der Waals surface area contributed by atoms with Crippen molar-refractivity contribution >= 4 is 27.3 Å². The van der Waals surface area contributed by atoms with Crippen LogP contribution in [0.1, 0.15) is 25.3 Å². The Morgan fingerprint density at radius 2 is 2.10 bits per heavy atom. The average Bonchev–Trinajstić information content (AvgIpc) is 2.44. The number of benzene rings is 1. The second-order valence-corrected chi connectivity index (χ2v) is 8.06. The molecule has 5 nitrogen and oxygen atoms in total. The van der Waals surface area contributed by atoms with Gasteiger partial charge in [-0.1, -0.05) is 11.6 Å². The van der Waals surface area contributed by atoms with Gasteiger partial charge in [-0.15, -0.1) is 0 Å². The van der Waals surface area contributed by atoms with Crippen LogP contribution in [0.5, 0.6) is 0 Å². The number of ether oxygens (including phenoxy) is 1. The number of methoxy groups -OCH3 is 1. The van der Waals surface area contributed by atoms with Crippen molar-refractivity contribution in [3.05, 3.63) is 22.7 Å². The van der Waals surface area contributed by atoms with E-state index >= 15 is 0 Å². The highest BCUT2D eigenvalue weighted by Crippen LogP contribution is 2.31. The molecule has 0 aliphatic carbocycles. The van der Waals surface area contributed by atoms with Crippen LogP contribution < -0.4 is 5.73 Å². The molecule has 1 aromatic rings. The van der Waals surface area contributed by atoms with E-state index in [-0.39, 0.29) is 10.6 Å². The van der Waals surface area contributed by atoms with Crippen molar-refractivity contribution in [3.63, 3.8) is 0 Å². The zero-order chi connectivity index (χ0) is 15.8. The summed E-state index contributed by atoms with van der Waals surface area (Å²) in [4.78, 5) is 0.183. The Hall–Kier alpha value is -0.820. The molecule has 1 atom stereocenters. The lowest BCUT2D eigenvalue weighted by Gasteiger charge is -2.38. The Morgan fingerprint density at radius 3 is 2.67 bits per heavy atom. The fourth-order valence-corrected chi connectivity index (χ4v) is 4.41. The van der Waals surface area contributed by atoms with Crippen molar-refractivity contribution in [2.24, 2.45) is 0 Å². The molecule has 0 aromatic heterocycles. The van der Waals surface area contributed by atoms with E-state index < -0.39 is 15.6 Å².